The molecule has 1 aromatic rings. The van der Waals surface area contributed by atoms with Crippen LogP contribution < -0.4 is 0 Å². The highest BCUT2D eigenvalue weighted by Crippen LogP contribution is 2.21. The van der Waals surface area contributed by atoms with Crippen molar-refractivity contribution < 1.29 is 9.90 Å². The van der Waals surface area contributed by atoms with Gasteiger partial charge in [0.15, 0.2) is 0 Å². The minimum atomic E-state index is -0.787. The van der Waals surface area contributed by atoms with Crippen LogP contribution in [0.2, 0.25) is 0 Å². The molecule has 1 N–H and O–H groups in total. The molecule has 0 saturated carbocycles. The molecule has 17 heavy (non-hydrogen) atoms. The molecule has 1 aromatic carbocycles. The maximum atomic E-state index is 10.9. The number of benzene rings is 1. The smallest absolute Gasteiger partial charge is 0.320 e. The lowest BCUT2D eigenvalue weighted by atomic mass is 10.0. The summed E-state index contributed by atoms with van der Waals surface area (Å²) in [6, 6.07) is 7.99. The summed E-state index contributed by atoms with van der Waals surface area (Å²) >= 11 is 0. The first-order valence-electron chi connectivity index (χ1n) is 6.01. The molecule has 1 rings (SSSR count). The molecule has 3 heteroatoms. The van der Waals surface area contributed by atoms with Gasteiger partial charge in [-0.3, -0.25) is 9.69 Å². The maximum Gasteiger partial charge on any atom is 0.320 e. The van der Waals surface area contributed by atoms with Gasteiger partial charge in [-0.15, -0.1) is 0 Å². The van der Waals surface area contributed by atoms with Crippen LogP contribution in [0.5, 0.6) is 0 Å². The lowest BCUT2D eigenvalue weighted by Crippen LogP contribution is -2.37. The third-order valence-electron chi connectivity index (χ3n) is 3.45. The van der Waals surface area contributed by atoms with E-state index >= 15 is 0 Å². The zero-order valence-electron chi connectivity index (χ0n) is 11.0. The van der Waals surface area contributed by atoms with Crippen molar-refractivity contribution in [2.24, 2.45) is 0 Å². The standard InChI is InChI=1S/C14H21NO2/c1-5-12-6-8-13(9-7-12)10(2)15(4)11(3)14(16)17/h6-11H,5H2,1-4H3,(H,16,17). The van der Waals surface area contributed by atoms with Crippen LogP contribution in [0.4, 0.5) is 0 Å². The lowest BCUT2D eigenvalue weighted by molar-refractivity contribution is -0.142. The van der Waals surface area contributed by atoms with Gasteiger partial charge in [0.05, 0.1) is 0 Å². The van der Waals surface area contributed by atoms with Crippen LogP contribution >= 0.6 is 0 Å². The molecule has 0 aliphatic rings. The van der Waals surface area contributed by atoms with Gasteiger partial charge < -0.3 is 5.11 Å². The fourth-order valence-corrected chi connectivity index (χ4v) is 1.78. The van der Waals surface area contributed by atoms with Gasteiger partial charge in [0, 0.05) is 6.04 Å². The maximum absolute atomic E-state index is 10.9. The van der Waals surface area contributed by atoms with Gasteiger partial charge in [-0.05, 0) is 38.4 Å². The summed E-state index contributed by atoms with van der Waals surface area (Å²) in [5, 5.41) is 8.99. The third-order valence-corrected chi connectivity index (χ3v) is 3.45. The first-order chi connectivity index (χ1) is 7.97. The molecule has 0 aromatic heterocycles. The van der Waals surface area contributed by atoms with E-state index in [0.29, 0.717) is 0 Å². The lowest BCUT2D eigenvalue weighted by Gasteiger charge is -2.28. The Morgan fingerprint density at radius 3 is 2.24 bits per heavy atom. The van der Waals surface area contributed by atoms with E-state index in [-0.39, 0.29) is 6.04 Å². The Labute approximate surface area is 103 Å². The summed E-state index contributed by atoms with van der Waals surface area (Å²) in [7, 11) is 1.84. The number of nitrogens with zero attached hydrogens (tertiary/aromatic N) is 1. The fraction of sp³-hybridized carbons (Fsp3) is 0.500. The molecule has 0 bridgehead atoms. The second-order valence-corrected chi connectivity index (χ2v) is 4.45. The Morgan fingerprint density at radius 1 is 1.29 bits per heavy atom. The average molecular weight is 235 g/mol. The van der Waals surface area contributed by atoms with Gasteiger partial charge in [0.2, 0.25) is 0 Å². The monoisotopic (exact) mass is 235 g/mol. The van der Waals surface area contributed by atoms with Crippen molar-refractivity contribution in [1.82, 2.24) is 4.90 Å². The van der Waals surface area contributed by atoms with Gasteiger partial charge in [-0.1, -0.05) is 31.2 Å². The van der Waals surface area contributed by atoms with Crippen LogP contribution in [0, 0.1) is 0 Å². The summed E-state index contributed by atoms with van der Waals surface area (Å²) < 4.78 is 0. The Balaban J connectivity index is 2.80. The number of carboxylic acid groups (broad SMARTS) is 1. The summed E-state index contributed by atoms with van der Waals surface area (Å²) in [6.45, 7) is 5.86. The predicted octanol–water partition coefficient (Wildman–Crippen LogP) is 2.71. The van der Waals surface area contributed by atoms with Crippen molar-refractivity contribution in [1.29, 1.82) is 0 Å². The van der Waals surface area contributed by atoms with Gasteiger partial charge in [0.1, 0.15) is 6.04 Å². The Kier molecular flexibility index (Phi) is 4.70. The molecular weight excluding hydrogens is 214 g/mol. The van der Waals surface area contributed by atoms with Crippen LogP contribution in [-0.4, -0.2) is 29.1 Å². The first-order valence-corrected chi connectivity index (χ1v) is 6.01. The number of hydrogen-bond donors (Lipinski definition) is 1. The van der Waals surface area contributed by atoms with E-state index in [1.54, 1.807) is 6.92 Å². The topological polar surface area (TPSA) is 40.5 Å². The van der Waals surface area contributed by atoms with E-state index in [9.17, 15) is 4.79 Å². The van der Waals surface area contributed by atoms with E-state index in [2.05, 4.69) is 31.2 Å². The summed E-state index contributed by atoms with van der Waals surface area (Å²) in [5.41, 5.74) is 2.45. The van der Waals surface area contributed by atoms with E-state index in [1.807, 2.05) is 18.9 Å². The summed E-state index contributed by atoms with van der Waals surface area (Å²) in [4.78, 5) is 12.8. The molecule has 3 nitrogen and oxygen atoms in total. The largest absolute Gasteiger partial charge is 0.480 e. The SMILES string of the molecule is CCc1ccc(C(C)N(C)C(C)C(=O)O)cc1. The number of likely N-dealkylation sites (N-methyl/N-ethyl adjacent to an activating group) is 1. The van der Waals surface area contributed by atoms with E-state index in [0.717, 1.165) is 12.0 Å². The van der Waals surface area contributed by atoms with Gasteiger partial charge in [-0.2, -0.15) is 0 Å². The number of carboxylic acids is 1. The van der Waals surface area contributed by atoms with E-state index in [4.69, 9.17) is 5.11 Å². The van der Waals surface area contributed by atoms with Crippen molar-refractivity contribution in [2.75, 3.05) is 7.05 Å². The average Bonchev–Trinajstić information content (AvgIpc) is 2.36. The molecule has 0 aliphatic carbocycles. The highest BCUT2D eigenvalue weighted by molar-refractivity contribution is 5.72. The van der Waals surface area contributed by atoms with Crippen LogP contribution in [0.15, 0.2) is 24.3 Å². The zero-order chi connectivity index (χ0) is 13.0. The summed E-state index contributed by atoms with van der Waals surface area (Å²) in [5.74, 6) is -0.787. The highest BCUT2D eigenvalue weighted by atomic mass is 16.4. The molecule has 0 amide bonds. The van der Waals surface area contributed by atoms with Crippen LogP contribution in [0.25, 0.3) is 0 Å². The number of aryl methyl sites for hydroxylation is 1. The number of rotatable bonds is 5. The Bertz CT molecular complexity index is 372. The molecule has 2 atom stereocenters. The summed E-state index contributed by atoms with van der Waals surface area (Å²) in [6.07, 6.45) is 1.02. The van der Waals surface area contributed by atoms with Crippen molar-refractivity contribution in [3.8, 4) is 0 Å². The zero-order valence-corrected chi connectivity index (χ0v) is 11.0. The molecule has 0 aliphatic heterocycles. The van der Waals surface area contributed by atoms with Crippen molar-refractivity contribution in [2.45, 2.75) is 39.3 Å². The van der Waals surface area contributed by atoms with E-state index in [1.165, 1.54) is 5.56 Å². The molecule has 0 radical (unpaired) electrons. The third kappa shape index (κ3) is 3.30. The molecule has 2 unspecified atom stereocenters. The number of carbonyl (C=O) groups is 1. The number of aliphatic carboxylic acids is 1. The Morgan fingerprint density at radius 2 is 1.82 bits per heavy atom. The molecule has 0 fully saturated rings. The molecule has 0 heterocycles. The minimum absolute atomic E-state index is 0.104. The van der Waals surface area contributed by atoms with Crippen molar-refractivity contribution in [3.63, 3.8) is 0 Å². The fourth-order valence-electron chi connectivity index (χ4n) is 1.78. The predicted molar refractivity (Wildman–Crippen MR) is 69.1 cm³/mol. The molecule has 0 saturated heterocycles. The molecule has 94 valence electrons. The highest BCUT2D eigenvalue weighted by Gasteiger charge is 2.22. The van der Waals surface area contributed by atoms with Crippen LogP contribution in [-0.2, 0) is 11.2 Å². The van der Waals surface area contributed by atoms with Crippen molar-refractivity contribution in [3.05, 3.63) is 35.4 Å². The van der Waals surface area contributed by atoms with E-state index < -0.39 is 12.0 Å². The number of hydrogen-bond acceptors (Lipinski definition) is 2. The van der Waals surface area contributed by atoms with Gasteiger partial charge >= 0.3 is 5.97 Å². The second kappa shape index (κ2) is 5.82. The van der Waals surface area contributed by atoms with Gasteiger partial charge in [-0.25, -0.2) is 0 Å². The van der Waals surface area contributed by atoms with Gasteiger partial charge in [0.25, 0.3) is 0 Å². The minimum Gasteiger partial charge on any atom is -0.480 e. The Hall–Kier alpha value is -1.35. The first kappa shape index (κ1) is 13.7. The normalized spacial score (nSPS) is 14.6. The molecule has 0 spiro atoms. The second-order valence-electron chi connectivity index (χ2n) is 4.45. The quantitative estimate of drug-likeness (QED) is 0.853. The van der Waals surface area contributed by atoms with Crippen LogP contribution in [0.1, 0.15) is 37.9 Å². The molecular formula is C14H21NO2. The van der Waals surface area contributed by atoms with Crippen molar-refractivity contribution >= 4 is 5.97 Å². The van der Waals surface area contributed by atoms with Crippen LogP contribution in [0.3, 0.4) is 0 Å².